The summed E-state index contributed by atoms with van der Waals surface area (Å²) >= 11 is 0. The summed E-state index contributed by atoms with van der Waals surface area (Å²) in [7, 11) is -3.25. The van der Waals surface area contributed by atoms with E-state index >= 15 is 0 Å². The highest BCUT2D eigenvalue weighted by molar-refractivity contribution is 7.89. The molecular weight excluding hydrogens is 368 g/mol. The van der Waals surface area contributed by atoms with Crippen LogP contribution in [0.2, 0.25) is 0 Å². The topological polar surface area (TPSA) is 95.0 Å². The molecule has 8 heteroatoms. The maximum absolute atomic E-state index is 13.0. The largest absolute Gasteiger partial charge is 0.481 e. The van der Waals surface area contributed by atoms with Crippen LogP contribution in [0.15, 0.2) is 24.3 Å². The molecule has 2 heterocycles. The Kier molecular flexibility index (Phi) is 5.86. The van der Waals surface area contributed by atoms with Crippen molar-refractivity contribution in [1.82, 2.24) is 4.31 Å². The number of nitrogens with zero attached hydrogens (tertiary/aromatic N) is 2. The van der Waals surface area contributed by atoms with Gasteiger partial charge in [-0.25, -0.2) is 12.7 Å². The van der Waals surface area contributed by atoms with Gasteiger partial charge in [0.05, 0.1) is 5.75 Å². The van der Waals surface area contributed by atoms with Gasteiger partial charge in [0.15, 0.2) is 0 Å². The third kappa shape index (κ3) is 4.01. The van der Waals surface area contributed by atoms with Gasteiger partial charge in [-0.2, -0.15) is 0 Å². The lowest BCUT2D eigenvalue weighted by Gasteiger charge is -2.32. The molecule has 2 aliphatic heterocycles. The molecule has 1 atom stereocenters. The Labute approximate surface area is 160 Å². The second kappa shape index (κ2) is 7.98. The molecule has 27 heavy (non-hydrogen) atoms. The number of unbranched alkanes of at least 4 members (excludes halogenated alkanes) is 1. The van der Waals surface area contributed by atoms with Gasteiger partial charge in [-0.15, -0.1) is 0 Å². The molecule has 0 bridgehead atoms. The van der Waals surface area contributed by atoms with E-state index in [1.165, 1.54) is 4.31 Å². The van der Waals surface area contributed by atoms with Gasteiger partial charge in [0.1, 0.15) is 5.92 Å². The van der Waals surface area contributed by atoms with Gasteiger partial charge in [-0.05, 0) is 30.9 Å². The molecule has 0 aliphatic carbocycles. The molecule has 1 fully saturated rings. The Hall–Kier alpha value is -1.93. The van der Waals surface area contributed by atoms with Crippen LogP contribution >= 0.6 is 0 Å². The second-order valence-corrected chi connectivity index (χ2v) is 9.33. The summed E-state index contributed by atoms with van der Waals surface area (Å²) in [5.74, 6) is -1.86. The summed E-state index contributed by atoms with van der Waals surface area (Å²) in [6.45, 7) is 2.79. The number of rotatable bonds is 6. The smallest absolute Gasteiger partial charge is 0.312 e. The molecule has 1 amide bonds. The number of benzene rings is 1. The van der Waals surface area contributed by atoms with Crippen LogP contribution in [0.4, 0.5) is 5.69 Å². The lowest BCUT2D eigenvalue weighted by Crippen LogP contribution is -2.45. The third-order valence-electron chi connectivity index (χ3n) is 5.48. The normalized spacial score (nSPS) is 21.2. The summed E-state index contributed by atoms with van der Waals surface area (Å²) in [5, 5.41) is 9.45. The Morgan fingerprint density at radius 3 is 2.48 bits per heavy atom. The number of amides is 1. The molecule has 148 valence electrons. The van der Waals surface area contributed by atoms with Crippen LogP contribution < -0.4 is 4.90 Å². The number of carbonyl (C=O) groups excluding carboxylic acids is 1. The van der Waals surface area contributed by atoms with Crippen LogP contribution in [0.3, 0.4) is 0 Å². The Balaban J connectivity index is 1.68. The summed E-state index contributed by atoms with van der Waals surface area (Å²) in [6.07, 6.45) is 2.41. The first kappa shape index (κ1) is 19.8. The van der Waals surface area contributed by atoms with Crippen LogP contribution in [0.5, 0.6) is 0 Å². The number of fused-ring (bicyclic) bond motifs is 1. The van der Waals surface area contributed by atoms with E-state index in [0.29, 0.717) is 43.6 Å². The average molecular weight is 394 g/mol. The van der Waals surface area contributed by atoms with Crippen molar-refractivity contribution in [2.45, 2.75) is 38.5 Å². The molecule has 0 saturated carbocycles. The van der Waals surface area contributed by atoms with Crippen LogP contribution in [0.1, 0.15) is 44.1 Å². The molecule has 7 nitrogen and oxygen atoms in total. The predicted molar refractivity (Wildman–Crippen MR) is 102 cm³/mol. The molecule has 1 saturated heterocycles. The van der Waals surface area contributed by atoms with Gasteiger partial charge in [-0.3, -0.25) is 9.59 Å². The molecule has 0 aromatic heterocycles. The first-order valence-corrected chi connectivity index (χ1v) is 11.1. The number of piperidine rings is 1. The predicted octanol–water partition coefficient (Wildman–Crippen LogP) is 2.04. The number of para-hydroxylation sites is 1. The van der Waals surface area contributed by atoms with E-state index in [4.69, 9.17) is 0 Å². The number of sulfonamides is 1. The van der Waals surface area contributed by atoms with Crippen LogP contribution in [-0.2, 0) is 19.6 Å². The van der Waals surface area contributed by atoms with E-state index in [0.717, 1.165) is 6.42 Å². The Morgan fingerprint density at radius 2 is 1.85 bits per heavy atom. The highest BCUT2D eigenvalue weighted by Gasteiger charge is 2.40. The van der Waals surface area contributed by atoms with Gasteiger partial charge in [0.25, 0.3) is 0 Å². The van der Waals surface area contributed by atoms with E-state index in [-0.39, 0.29) is 24.1 Å². The number of carboxylic acids is 1. The first-order valence-electron chi connectivity index (χ1n) is 9.46. The minimum absolute atomic E-state index is 0.100. The first-order chi connectivity index (χ1) is 12.8. The maximum atomic E-state index is 13.0. The SMILES string of the molecule is CCCCS(=O)(=O)N1CCC(C(=O)N2CC(C(=O)O)c3ccccc32)CC1. The van der Waals surface area contributed by atoms with Gasteiger partial charge < -0.3 is 10.0 Å². The fourth-order valence-electron chi connectivity index (χ4n) is 3.88. The molecule has 1 aromatic rings. The zero-order valence-corrected chi connectivity index (χ0v) is 16.3. The van der Waals surface area contributed by atoms with Crippen molar-refractivity contribution in [2.24, 2.45) is 5.92 Å². The van der Waals surface area contributed by atoms with E-state index < -0.39 is 21.9 Å². The number of hydrogen-bond acceptors (Lipinski definition) is 4. The van der Waals surface area contributed by atoms with Crippen molar-refractivity contribution < 1.29 is 23.1 Å². The zero-order chi connectivity index (χ0) is 19.6. The van der Waals surface area contributed by atoms with Gasteiger partial charge in [-0.1, -0.05) is 31.5 Å². The molecule has 1 aromatic carbocycles. The minimum atomic E-state index is -3.25. The van der Waals surface area contributed by atoms with Gasteiger partial charge in [0, 0.05) is 31.2 Å². The minimum Gasteiger partial charge on any atom is -0.481 e. The average Bonchev–Trinajstić information content (AvgIpc) is 3.06. The van der Waals surface area contributed by atoms with Crippen molar-refractivity contribution in [2.75, 3.05) is 30.3 Å². The quantitative estimate of drug-likeness (QED) is 0.797. The fourth-order valence-corrected chi connectivity index (χ4v) is 5.56. The van der Waals surface area contributed by atoms with Crippen LogP contribution in [-0.4, -0.2) is 55.1 Å². The van der Waals surface area contributed by atoms with Crippen LogP contribution in [0, 0.1) is 5.92 Å². The molecule has 1 N–H and O–H groups in total. The summed E-state index contributed by atoms with van der Waals surface area (Å²) in [6, 6.07) is 7.11. The lowest BCUT2D eigenvalue weighted by molar-refractivity contribution is -0.138. The standard InChI is InChI=1S/C19H26N2O5S/c1-2-3-12-27(25,26)20-10-8-14(9-11-20)18(22)21-13-16(19(23)24)15-6-4-5-7-17(15)21/h4-7,14,16H,2-3,8-13H2,1H3,(H,23,24). The molecule has 1 unspecified atom stereocenters. The van der Waals surface area contributed by atoms with Crippen LogP contribution in [0.25, 0.3) is 0 Å². The Bertz CT molecular complexity index is 815. The number of carboxylic acid groups (broad SMARTS) is 1. The molecular formula is C19H26N2O5S. The number of anilines is 1. The number of carbonyl (C=O) groups is 2. The number of aliphatic carboxylic acids is 1. The maximum Gasteiger partial charge on any atom is 0.312 e. The van der Waals surface area contributed by atoms with Crippen molar-refractivity contribution in [3.8, 4) is 0 Å². The molecule has 2 aliphatic rings. The molecule has 0 radical (unpaired) electrons. The lowest BCUT2D eigenvalue weighted by atomic mass is 9.96. The second-order valence-electron chi connectivity index (χ2n) is 7.24. The van der Waals surface area contributed by atoms with Gasteiger partial charge >= 0.3 is 5.97 Å². The van der Waals surface area contributed by atoms with E-state index in [2.05, 4.69) is 0 Å². The molecule has 0 spiro atoms. The highest BCUT2D eigenvalue weighted by atomic mass is 32.2. The highest BCUT2D eigenvalue weighted by Crippen LogP contribution is 2.38. The van der Waals surface area contributed by atoms with Crippen molar-refractivity contribution in [3.05, 3.63) is 29.8 Å². The molecule has 3 rings (SSSR count). The third-order valence-corrected chi connectivity index (χ3v) is 7.44. The monoisotopic (exact) mass is 394 g/mol. The zero-order valence-electron chi connectivity index (χ0n) is 15.5. The Morgan fingerprint density at radius 1 is 1.19 bits per heavy atom. The van der Waals surface area contributed by atoms with E-state index in [1.54, 1.807) is 29.2 Å². The summed E-state index contributed by atoms with van der Waals surface area (Å²) < 4.78 is 26.1. The van der Waals surface area contributed by atoms with Gasteiger partial charge in [0.2, 0.25) is 15.9 Å². The van der Waals surface area contributed by atoms with Crippen molar-refractivity contribution >= 4 is 27.6 Å². The fraction of sp³-hybridized carbons (Fsp3) is 0.579. The van der Waals surface area contributed by atoms with E-state index in [1.807, 2.05) is 6.92 Å². The van der Waals surface area contributed by atoms with E-state index in [9.17, 15) is 23.1 Å². The van der Waals surface area contributed by atoms with Crippen molar-refractivity contribution in [1.29, 1.82) is 0 Å². The summed E-state index contributed by atoms with van der Waals surface area (Å²) in [4.78, 5) is 26.1. The number of hydrogen-bond donors (Lipinski definition) is 1. The van der Waals surface area contributed by atoms with Crippen molar-refractivity contribution in [3.63, 3.8) is 0 Å². The summed E-state index contributed by atoms with van der Waals surface area (Å²) in [5.41, 5.74) is 1.32.